The number of nitrogens with two attached hydrogens (primary N) is 2. The quantitative estimate of drug-likeness (QED) is 0.808. The molecule has 0 heterocycles. The maximum absolute atomic E-state index is 6.30. The van der Waals surface area contributed by atoms with Crippen LogP contribution in [0, 0.1) is 40.9 Å². The molecule has 0 aliphatic heterocycles. The fourth-order valence-corrected chi connectivity index (χ4v) is 5.68. The largest absolute Gasteiger partial charge is 0.327 e. The van der Waals surface area contributed by atoms with Gasteiger partial charge in [-0.15, -0.1) is 0 Å². The lowest BCUT2D eigenvalue weighted by molar-refractivity contribution is -0.0359. The van der Waals surface area contributed by atoms with Crippen LogP contribution in [0.15, 0.2) is 0 Å². The first-order valence-corrected chi connectivity index (χ1v) is 9.19. The minimum Gasteiger partial charge on any atom is -0.327 e. The molecular formula is C19H38N2. The molecule has 2 aliphatic rings. The van der Waals surface area contributed by atoms with Gasteiger partial charge in [0.05, 0.1) is 0 Å². The molecule has 0 radical (unpaired) electrons. The van der Waals surface area contributed by atoms with Crippen molar-refractivity contribution in [3.8, 4) is 0 Å². The summed E-state index contributed by atoms with van der Waals surface area (Å²) in [5, 5.41) is 0. The van der Waals surface area contributed by atoms with Crippen molar-refractivity contribution in [1.29, 1.82) is 0 Å². The SMILES string of the molecule is CC1C(N)CCC(C(C)(C)C2CCC(N)C(C)C2C)C1C. The summed E-state index contributed by atoms with van der Waals surface area (Å²) in [6, 6.07) is 0.811. The van der Waals surface area contributed by atoms with Gasteiger partial charge < -0.3 is 11.5 Å². The molecule has 0 aromatic rings. The second-order valence-electron chi connectivity index (χ2n) is 8.95. The smallest absolute Gasteiger partial charge is 0.00672 e. The zero-order valence-electron chi connectivity index (χ0n) is 15.1. The maximum atomic E-state index is 6.30. The Bertz CT molecular complexity index is 319. The minimum atomic E-state index is 0.404. The Morgan fingerprint density at radius 1 is 0.619 bits per heavy atom. The van der Waals surface area contributed by atoms with Crippen LogP contribution in [-0.4, -0.2) is 12.1 Å². The van der Waals surface area contributed by atoms with Gasteiger partial charge >= 0.3 is 0 Å². The molecule has 2 fully saturated rings. The van der Waals surface area contributed by atoms with Crippen molar-refractivity contribution in [2.24, 2.45) is 52.4 Å². The molecule has 2 heteroatoms. The highest BCUT2D eigenvalue weighted by Gasteiger charge is 2.48. The molecule has 0 aromatic heterocycles. The highest BCUT2D eigenvalue weighted by molar-refractivity contribution is 4.98. The lowest BCUT2D eigenvalue weighted by Crippen LogP contribution is -2.51. The van der Waals surface area contributed by atoms with Crippen LogP contribution in [-0.2, 0) is 0 Å². The Morgan fingerprint density at radius 3 is 1.29 bits per heavy atom. The van der Waals surface area contributed by atoms with Crippen LogP contribution in [0.3, 0.4) is 0 Å². The topological polar surface area (TPSA) is 52.0 Å². The number of hydrogen-bond acceptors (Lipinski definition) is 2. The Balaban J connectivity index is 2.17. The van der Waals surface area contributed by atoms with E-state index in [0.717, 1.165) is 23.7 Å². The van der Waals surface area contributed by atoms with Crippen LogP contribution < -0.4 is 11.5 Å². The van der Waals surface area contributed by atoms with E-state index in [1.54, 1.807) is 0 Å². The van der Waals surface area contributed by atoms with Crippen molar-refractivity contribution in [2.75, 3.05) is 0 Å². The third-order valence-corrected chi connectivity index (χ3v) is 7.81. The average Bonchev–Trinajstić information content (AvgIpc) is 2.41. The first-order valence-electron chi connectivity index (χ1n) is 9.19. The summed E-state index contributed by atoms with van der Waals surface area (Å²) < 4.78 is 0. The second kappa shape index (κ2) is 6.20. The molecule has 21 heavy (non-hydrogen) atoms. The third-order valence-electron chi connectivity index (χ3n) is 7.81. The number of hydrogen-bond donors (Lipinski definition) is 2. The van der Waals surface area contributed by atoms with Crippen molar-refractivity contribution < 1.29 is 0 Å². The van der Waals surface area contributed by atoms with Gasteiger partial charge in [0.15, 0.2) is 0 Å². The summed E-state index contributed by atoms with van der Waals surface area (Å²) in [6.45, 7) is 14.7. The third kappa shape index (κ3) is 3.03. The summed E-state index contributed by atoms with van der Waals surface area (Å²) in [7, 11) is 0. The van der Waals surface area contributed by atoms with Gasteiger partial charge in [-0.1, -0.05) is 41.5 Å². The Hall–Kier alpha value is -0.0800. The predicted octanol–water partition coefficient (Wildman–Crippen LogP) is 4.03. The molecule has 0 spiro atoms. The van der Waals surface area contributed by atoms with E-state index < -0.39 is 0 Å². The number of rotatable bonds is 2. The fourth-order valence-electron chi connectivity index (χ4n) is 5.68. The van der Waals surface area contributed by atoms with E-state index in [9.17, 15) is 0 Å². The first kappa shape index (κ1) is 17.3. The van der Waals surface area contributed by atoms with Gasteiger partial charge in [0.1, 0.15) is 0 Å². The summed E-state index contributed by atoms with van der Waals surface area (Å²) in [5.41, 5.74) is 13.0. The van der Waals surface area contributed by atoms with Crippen LogP contribution in [0.5, 0.6) is 0 Å². The van der Waals surface area contributed by atoms with Crippen LogP contribution in [0.2, 0.25) is 0 Å². The molecule has 2 rings (SSSR count). The molecule has 0 bridgehead atoms. The molecule has 2 saturated carbocycles. The summed E-state index contributed by atoms with van der Waals surface area (Å²) >= 11 is 0. The zero-order valence-corrected chi connectivity index (χ0v) is 15.1. The highest BCUT2D eigenvalue weighted by Crippen LogP contribution is 2.53. The summed E-state index contributed by atoms with van der Waals surface area (Å²) in [6.07, 6.45) is 5.03. The van der Waals surface area contributed by atoms with E-state index in [0.29, 0.717) is 29.3 Å². The molecule has 2 nitrogen and oxygen atoms in total. The minimum absolute atomic E-state index is 0.404. The lowest BCUT2D eigenvalue weighted by atomic mass is 9.52. The second-order valence-corrected chi connectivity index (χ2v) is 8.95. The van der Waals surface area contributed by atoms with E-state index in [1.807, 2.05) is 0 Å². The maximum Gasteiger partial charge on any atom is 0.00672 e. The standard InChI is InChI=1S/C19H38N2/c1-11-13(3)17(20)9-7-15(11)19(5,6)16-8-10-18(21)14(4)12(16)2/h11-18H,7-10,20-21H2,1-6H3. The van der Waals surface area contributed by atoms with Crippen molar-refractivity contribution in [3.05, 3.63) is 0 Å². The Morgan fingerprint density at radius 2 is 0.952 bits per heavy atom. The van der Waals surface area contributed by atoms with Crippen molar-refractivity contribution in [1.82, 2.24) is 0 Å². The fraction of sp³-hybridized carbons (Fsp3) is 1.00. The summed E-state index contributed by atoms with van der Waals surface area (Å²) in [5.74, 6) is 4.40. The van der Waals surface area contributed by atoms with Crippen LogP contribution in [0.1, 0.15) is 67.2 Å². The van der Waals surface area contributed by atoms with Crippen molar-refractivity contribution >= 4 is 0 Å². The van der Waals surface area contributed by atoms with Gasteiger partial charge in [-0.3, -0.25) is 0 Å². The van der Waals surface area contributed by atoms with Crippen LogP contribution >= 0.6 is 0 Å². The molecule has 0 saturated heterocycles. The average molecular weight is 295 g/mol. The van der Waals surface area contributed by atoms with E-state index in [-0.39, 0.29) is 0 Å². The lowest BCUT2D eigenvalue weighted by Gasteiger charge is -2.54. The molecule has 0 aromatic carbocycles. The first-order chi connectivity index (χ1) is 9.67. The van der Waals surface area contributed by atoms with Crippen molar-refractivity contribution in [2.45, 2.75) is 79.3 Å². The van der Waals surface area contributed by atoms with Gasteiger partial charge in [0.2, 0.25) is 0 Å². The van der Waals surface area contributed by atoms with Gasteiger partial charge in [-0.2, -0.15) is 0 Å². The summed E-state index contributed by atoms with van der Waals surface area (Å²) in [4.78, 5) is 0. The van der Waals surface area contributed by atoms with Gasteiger partial charge in [-0.25, -0.2) is 0 Å². The van der Waals surface area contributed by atoms with Crippen molar-refractivity contribution in [3.63, 3.8) is 0 Å². The molecular weight excluding hydrogens is 256 g/mol. The molecule has 2 aliphatic carbocycles. The van der Waals surface area contributed by atoms with Gasteiger partial charge in [0, 0.05) is 12.1 Å². The molecule has 8 unspecified atom stereocenters. The van der Waals surface area contributed by atoms with Crippen LogP contribution in [0.25, 0.3) is 0 Å². The normalized spacial score (nSPS) is 49.1. The zero-order chi connectivity index (χ0) is 15.9. The monoisotopic (exact) mass is 294 g/mol. The molecule has 124 valence electrons. The Kier molecular flexibility index (Phi) is 5.10. The predicted molar refractivity (Wildman–Crippen MR) is 91.8 cm³/mol. The van der Waals surface area contributed by atoms with E-state index >= 15 is 0 Å². The van der Waals surface area contributed by atoms with E-state index in [4.69, 9.17) is 11.5 Å². The molecule has 8 atom stereocenters. The van der Waals surface area contributed by atoms with Gasteiger partial charge in [-0.05, 0) is 66.6 Å². The highest BCUT2D eigenvalue weighted by atomic mass is 14.7. The van der Waals surface area contributed by atoms with E-state index in [1.165, 1.54) is 25.7 Å². The molecule has 0 amide bonds. The molecule has 4 N–H and O–H groups in total. The van der Waals surface area contributed by atoms with Gasteiger partial charge in [0.25, 0.3) is 0 Å². The van der Waals surface area contributed by atoms with E-state index in [2.05, 4.69) is 41.5 Å². The van der Waals surface area contributed by atoms with Crippen LogP contribution in [0.4, 0.5) is 0 Å². The Labute approximate surface area is 132 Å².